The summed E-state index contributed by atoms with van der Waals surface area (Å²) in [5.74, 6) is -0.806. The summed E-state index contributed by atoms with van der Waals surface area (Å²) < 4.78 is 26.7. The summed E-state index contributed by atoms with van der Waals surface area (Å²) in [5.41, 5.74) is 1.08. The van der Waals surface area contributed by atoms with Gasteiger partial charge in [-0.15, -0.1) is 0 Å². The number of hydrogen-bond donors (Lipinski definition) is 1. The smallest absolute Gasteiger partial charge is 0.244 e. The van der Waals surface area contributed by atoms with Gasteiger partial charge < -0.3 is 10.2 Å². The predicted molar refractivity (Wildman–Crippen MR) is 136 cm³/mol. The first-order valence-electron chi connectivity index (χ1n) is 10.6. The van der Waals surface area contributed by atoms with Crippen LogP contribution >= 0.6 is 27.5 Å². The van der Waals surface area contributed by atoms with Crippen LogP contribution in [0.15, 0.2) is 53.0 Å². The number of hydrogen-bond acceptors (Lipinski definition) is 4. The molecule has 0 saturated heterocycles. The Morgan fingerprint density at radius 2 is 1.85 bits per heavy atom. The number of para-hydroxylation sites is 1. The quantitative estimate of drug-likeness (QED) is 0.419. The number of unbranched alkanes of at least 4 members (excludes halogenated alkanes) is 1. The topological polar surface area (TPSA) is 86.8 Å². The van der Waals surface area contributed by atoms with Gasteiger partial charge in [0.15, 0.2) is 0 Å². The SMILES string of the molecule is CCCCNC(=O)[C@H](C)N(Cc1cccc(Cl)c1)C(=O)CN(c1ccccc1Br)S(C)(=O)=O. The standard InChI is InChI=1S/C23H29BrClN3O4S/c1-4-5-13-26-23(30)17(2)27(15-18-9-8-10-19(25)14-18)22(29)16-28(33(3,31)32)21-12-7-6-11-20(21)24/h6-12,14,17H,4-5,13,15-16H2,1-3H3,(H,26,30)/t17-/m0/s1. The average Bonchev–Trinajstić information content (AvgIpc) is 2.75. The van der Waals surface area contributed by atoms with Gasteiger partial charge in [-0.2, -0.15) is 0 Å². The van der Waals surface area contributed by atoms with Crippen molar-refractivity contribution in [1.29, 1.82) is 0 Å². The molecule has 0 aliphatic rings. The van der Waals surface area contributed by atoms with E-state index in [1.165, 1.54) is 4.90 Å². The van der Waals surface area contributed by atoms with E-state index in [-0.39, 0.29) is 12.5 Å². The van der Waals surface area contributed by atoms with Gasteiger partial charge >= 0.3 is 0 Å². The highest BCUT2D eigenvalue weighted by molar-refractivity contribution is 9.10. The van der Waals surface area contributed by atoms with Crippen molar-refractivity contribution in [2.75, 3.05) is 23.7 Å². The molecule has 0 saturated carbocycles. The Morgan fingerprint density at radius 1 is 1.15 bits per heavy atom. The van der Waals surface area contributed by atoms with Crippen molar-refractivity contribution in [3.8, 4) is 0 Å². The summed E-state index contributed by atoms with van der Waals surface area (Å²) in [5, 5.41) is 3.35. The van der Waals surface area contributed by atoms with Crippen molar-refractivity contribution in [2.45, 2.75) is 39.3 Å². The zero-order valence-corrected chi connectivity index (χ0v) is 22.1. The molecule has 1 N–H and O–H groups in total. The van der Waals surface area contributed by atoms with Gasteiger partial charge in [0, 0.05) is 22.6 Å². The van der Waals surface area contributed by atoms with Crippen LogP contribution in [0.3, 0.4) is 0 Å². The molecule has 7 nitrogen and oxygen atoms in total. The van der Waals surface area contributed by atoms with Crippen LogP contribution < -0.4 is 9.62 Å². The van der Waals surface area contributed by atoms with Crippen molar-refractivity contribution < 1.29 is 18.0 Å². The molecule has 2 amide bonds. The van der Waals surface area contributed by atoms with E-state index in [1.807, 2.05) is 6.92 Å². The molecule has 0 aliphatic carbocycles. The third-order valence-electron chi connectivity index (χ3n) is 5.04. The molecule has 33 heavy (non-hydrogen) atoms. The van der Waals surface area contributed by atoms with Crippen LogP contribution in [-0.2, 0) is 26.2 Å². The molecule has 10 heteroatoms. The summed E-state index contributed by atoms with van der Waals surface area (Å²) >= 11 is 9.46. The summed E-state index contributed by atoms with van der Waals surface area (Å²) in [4.78, 5) is 27.6. The van der Waals surface area contributed by atoms with Crippen LogP contribution in [0.4, 0.5) is 5.69 Å². The third kappa shape index (κ3) is 8.01. The summed E-state index contributed by atoms with van der Waals surface area (Å²) in [6.07, 6.45) is 2.79. The second kappa shape index (κ2) is 12.4. The highest BCUT2D eigenvalue weighted by Crippen LogP contribution is 2.28. The minimum absolute atomic E-state index is 0.106. The summed E-state index contributed by atoms with van der Waals surface area (Å²) in [7, 11) is -3.78. The van der Waals surface area contributed by atoms with E-state index in [4.69, 9.17) is 11.6 Å². The van der Waals surface area contributed by atoms with Gasteiger partial charge in [-0.05, 0) is 59.1 Å². The lowest BCUT2D eigenvalue weighted by Gasteiger charge is -2.31. The Bertz CT molecular complexity index is 1080. The molecule has 180 valence electrons. The lowest BCUT2D eigenvalue weighted by Crippen LogP contribution is -2.51. The van der Waals surface area contributed by atoms with Crippen molar-refractivity contribution >= 4 is 55.1 Å². The first-order chi connectivity index (χ1) is 15.5. The molecule has 0 fully saturated rings. The fraction of sp³-hybridized carbons (Fsp3) is 0.391. The van der Waals surface area contributed by atoms with Crippen molar-refractivity contribution in [2.24, 2.45) is 0 Å². The average molecular weight is 559 g/mol. The monoisotopic (exact) mass is 557 g/mol. The van der Waals surface area contributed by atoms with Gasteiger partial charge in [0.25, 0.3) is 0 Å². The highest BCUT2D eigenvalue weighted by atomic mass is 79.9. The van der Waals surface area contributed by atoms with E-state index in [1.54, 1.807) is 55.5 Å². The minimum atomic E-state index is -3.78. The second-order valence-electron chi connectivity index (χ2n) is 7.69. The van der Waals surface area contributed by atoms with Gasteiger partial charge in [-0.3, -0.25) is 13.9 Å². The normalized spacial score (nSPS) is 12.2. The van der Waals surface area contributed by atoms with Gasteiger partial charge in [0.1, 0.15) is 12.6 Å². The van der Waals surface area contributed by atoms with E-state index < -0.39 is 28.5 Å². The Morgan fingerprint density at radius 3 is 2.45 bits per heavy atom. The van der Waals surface area contributed by atoms with Crippen molar-refractivity contribution in [1.82, 2.24) is 10.2 Å². The Labute approximate surface area is 209 Å². The van der Waals surface area contributed by atoms with Crippen LogP contribution in [0, 0.1) is 0 Å². The number of benzene rings is 2. The van der Waals surface area contributed by atoms with E-state index >= 15 is 0 Å². The van der Waals surface area contributed by atoms with Crippen LogP contribution in [0.5, 0.6) is 0 Å². The molecular formula is C23H29BrClN3O4S. The minimum Gasteiger partial charge on any atom is -0.354 e. The fourth-order valence-corrected chi connectivity index (χ4v) is 4.89. The van der Waals surface area contributed by atoms with E-state index in [9.17, 15) is 18.0 Å². The third-order valence-corrected chi connectivity index (χ3v) is 7.07. The number of rotatable bonds is 11. The lowest BCUT2D eigenvalue weighted by molar-refractivity contribution is -0.139. The molecule has 2 aromatic rings. The Kier molecular flexibility index (Phi) is 10.2. The molecule has 0 aliphatic heterocycles. The molecule has 0 unspecified atom stereocenters. The van der Waals surface area contributed by atoms with Crippen LogP contribution in [-0.4, -0.2) is 50.5 Å². The first kappa shape index (κ1) is 27.1. The molecule has 0 bridgehead atoms. The summed E-state index contributed by atoms with van der Waals surface area (Å²) in [6.45, 7) is 3.81. The van der Waals surface area contributed by atoms with E-state index in [2.05, 4.69) is 21.2 Å². The Balaban J connectivity index is 2.36. The Hall–Kier alpha value is -2.10. The first-order valence-corrected chi connectivity index (χ1v) is 13.6. The lowest BCUT2D eigenvalue weighted by atomic mass is 10.1. The number of amides is 2. The summed E-state index contributed by atoms with van der Waals surface area (Å²) in [6, 6.07) is 12.9. The molecular weight excluding hydrogens is 530 g/mol. The number of halogens is 2. The van der Waals surface area contributed by atoms with Crippen LogP contribution in [0.1, 0.15) is 32.3 Å². The molecule has 2 rings (SSSR count). The van der Waals surface area contributed by atoms with Gasteiger partial charge in [-0.25, -0.2) is 8.42 Å². The number of nitrogens with zero attached hydrogens (tertiary/aromatic N) is 2. The highest BCUT2D eigenvalue weighted by Gasteiger charge is 2.30. The van der Waals surface area contributed by atoms with Crippen LogP contribution in [0.2, 0.25) is 5.02 Å². The number of carbonyl (C=O) groups is 2. The largest absolute Gasteiger partial charge is 0.354 e. The molecule has 0 spiro atoms. The van der Waals surface area contributed by atoms with Crippen LogP contribution in [0.25, 0.3) is 0 Å². The maximum absolute atomic E-state index is 13.4. The predicted octanol–water partition coefficient (Wildman–Crippen LogP) is 4.20. The number of nitrogens with one attached hydrogen (secondary N) is 1. The number of sulfonamides is 1. The van der Waals surface area contributed by atoms with E-state index in [0.29, 0.717) is 21.7 Å². The van der Waals surface area contributed by atoms with Gasteiger partial charge in [-0.1, -0.05) is 49.2 Å². The van der Waals surface area contributed by atoms with E-state index in [0.717, 1.165) is 29.0 Å². The second-order valence-corrected chi connectivity index (χ2v) is 10.9. The molecule has 1 atom stereocenters. The van der Waals surface area contributed by atoms with Crippen molar-refractivity contribution in [3.63, 3.8) is 0 Å². The van der Waals surface area contributed by atoms with Gasteiger partial charge in [0.05, 0.1) is 11.9 Å². The fourth-order valence-electron chi connectivity index (χ4n) is 3.20. The zero-order chi connectivity index (χ0) is 24.6. The molecule has 0 heterocycles. The maximum atomic E-state index is 13.4. The zero-order valence-electron chi connectivity index (χ0n) is 18.9. The number of carbonyl (C=O) groups excluding carboxylic acids is 2. The van der Waals surface area contributed by atoms with Crippen molar-refractivity contribution in [3.05, 3.63) is 63.6 Å². The molecule has 2 aromatic carbocycles. The van der Waals surface area contributed by atoms with Gasteiger partial charge in [0.2, 0.25) is 21.8 Å². The number of anilines is 1. The molecule has 0 aromatic heterocycles. The molecule has 0 radical (unpaired) electrons. The maximum Gasteiger partial charge on any atom is 0.244 e.